The summed E-state index contributed by atoms with van der Waals surface area (Å²) >= 11 is 0. The van der Waals surface area contributed by atoms with Crippen molar-refractivity contribution in [1.82, 2.24) is 0 Å². The van der Waals surface area contributed by atoms with Gasteiger partial charge in [0.15, 0.2) is 0 Å². The maximum Gasteiger partial charge on any atom is 0.131 e. The van der Waals surface area contributed by atoms with Gasteiger partial charge in [-0.1, -0.05) is 84.0 Å². The second-order valence-electron chi connectivity index (χ2n) is 11.2. The number of hydrogen-bond donors (Lipinski definition) is 3. The van der Waals surface area contributed by atoms with Gasteiger partial charge < -0.3 is 15.3 Å². The van der Waals surface area contributed by atoms with Gasteiger partial charge in [0.05, 0.1) is 0 Å². The number of phenols is 3. The summed E-state index contributed by atoms with van der Waals surface area (Å²) in [5.74, 6) is 0.586. The van der Waals surface area contributed by atoms with Crippen molar-refractivity contribution >= 4 is 10.8 Å². The second-order valence-corrected chi connectivity index (χ2v) is 11.2. The molecule has 4 aromatic rings. The Hall–Kier alpha value is -3.46. The summed E-state index contributed by atoms with van der Waals surface area (Å²) in [6, 6.07) is 19.4. The second kappa shape index (κ2) is 8.09. The summed E-state index contributed by atoms with van der Waals surface area (Å²) < 4.78 is 0. The summed E-state index contributed by atoms with van der Waals surface area (Å²) in [5, 5.41) is 35.6. The van der Waals surface area contributed by atoms with Gasteiger partial charge in [0.25, 0.3) is 0 Å². The van der Waals surface area contributed by atoms with Gasteiger partial charge in [-0.3, -0.25) is 0 Å². The minimum Gasteiger partial charge on any atom is -0.507 e. The van der Waals surface area contributed by atoms with Crippen LogP contribution in [0.4, 0.5) is 0 Å². The summed E-state index contributed by atoms with van der Waals surface area (Å²) in [4.78, 5) is 0. The molecule has 0 heterocycles. The Morgan fingerprint density at radius 3 is 1.71 bits per heavy atom. The quantitative estimate of drug-likeness (QED) is 0.286. The van der Waals surface area contributed by atoms with E-state index < -0.39 is 0 Å². The molecule has 0 saturated heterocycles. The third-order valence-corrected chi connectivity index (χ3v) is 6.64. The van der Waals surface area contributed by atoms with Crippen LogP contribution in [0, 0.1) is 6.92 Å². The highest BCUT2D eigenvalue weighted by molar-refractivity contribution is 5.96. The molecule has 3 nitrogen and oxygen atoms in total. The van der Waals surface area contributed by atoms with Crippen molar-refractivity contribution in [2.24, 2.45) is 0 Å². The molecule has 0 aliphatic carbocycles. The van der Waals surface area contributed by atoms with E-state index in [2.05, 4.69) is 41.5 Å². The fourth-order valence-electron chi connectivity index (χ4n) is 4.65. The molecular formula is C31H34O3. The predicted molar refractivity (Wildman–Crippen MR) is 142 cm³/mol. The zero-order valence-electron chi connectivity index (χ0n) is 21.1. The van der Waals surface area contributed by atoms with Gasteiger partial charge in [-0.25, -0.2) is 0 Å². The lowest BCUT2D eigenvalue weighted by Crippen LogP contribution is -2.17. The smallest absolute Gasteiger partial charge is 0.131 e. The van der Waals surface area contributed by atoms with E-state index in [1.54, 1.807) is 0 Å². The molecule has 0 aliphatic heterocycles. The maximum atomic E-state index is 11.5. The lowest BCUT2D eigenvalue weighted by atomic mass is 9.77. The van der Waals surface area contributed by atoms with Crippen molar-refractivity contribution in [1.29, 1.82) is 0 Å². The molecule has 4 aromatic carbocycles. The highest BCUT2D eigenvalue weighted by Gasteiger charge is 2.27. The SMILES string of the molecule is Cc1c(O)c(-c2cccc(-c3cc(C(C)(C)C)c(O)c(C(C)(C)C)c3)c2O)cc2ccccc12. The van der Waals surface area contributed by atoms with Crippen molar-refractivity contribution < 1.29 is 15.3 Å². The first-order valence-electron chi connectivity index (χ1n) is 11.7. The minimum absolute atomic E-state index is 0.109. The number of fused-ring (bicyclic) bond motifs is 1. The summed E-state index contributed by atoms with van der Waals surface area (Å²) in [5.41, 5.74) is 4.58. The maximum absolute atomic E-state index is 11.5. The first kappa shape index (κ1) is 23.7. The van der Waals surface area contributed by atoms with Crippen LogP contribution in [-0.2, 0) is 10.8 Å². The number of rotatable bonds is 2. The Kier molecular flexibility index (Phi) is 5.64. The molecule has 3 N–H and O–H groups in total. The van der Waals surface area contributed by atoms with Crippen LogP contribution in [0.1, 0.15) is 58.2 Å². The number of aryl methyl sites for hydroxylation is 1. The Labute approximate surface area is 202 Å². The zero-order valence-corrected chi connectivity index (χ0v) is 21.1. The van der Waals surface area contributed by atoms with Crippen LogP contribution in [-0.4, -0.2) is 15.3 Å². The Morgan fingerprint density at radius 2 is 1.12 bits per heavy atom. The van der Waals surface area contributed by atoms with Gasteiger partial charge in [-0.15, -0.1) is 0 Å². The number of aromatic hydroxyl groups is 3. The summed E-state index contributed by atoms with van der Waals surface area (Å²) in [6.45, 7) is 14.3. The lowest BCUT2D eigenvalue weighted by Gasteiger charge is -2.28. The van der Waals surface area contributed by atoms with E-state index in [-0.39, 0.29) is 22.3 Å². The van der Waals surface area contributed by atoms with E-state index in [9.17, 15) is 15.3 Å². The molecule has 0 amide bonds. The first-order valence-corrected chi connectivity index (χ1v) is 11.7. The molecule has 0 radical (unpaired) electrons. The average molecular weight is 455 g/mol. The summed E-state index contributed by atoms with van der Waals surface area (Å²) in [6.07, 6.45) is 0. The van der Waals surface area contributed by atoms with E-state index >= 15 is 0 Å². The molecule has 0 atom stereocenters. The zero-order chi connectivity index (χ0) is 25.0. The minimum atomic E-state index is -0.277. The Bertz CT molecular complexity index is 1360. The van der Waals surface area contributed by atoms with Gasteiger partial charge in [0, 0.05) is 27.8 Å². The molecule has 0 fully saturated rings. The van der Waals surface area contributed by atoms with Crippen molar-refractivity contribution in [3.05, 3.63) is 77.4 Å². The van der Waals surface area contributed by atoms with Gasteiger partial charge in [0.1, 0.15) is 17.2 Å². The van der Waals surface area contributed by atoms with Gasteiger partial charge >= 0.3 is 0 Å². The predicted octanol–water partition coefficient (Wildman–Crippen LogP) is 8.19. The standard InChI is InChI=1S/C31H34O3/c1-18-21-12-9-8-11-19(21)15-24(27(18)32)23-14-10-13-22(28(23)33)20-16-25(30(2,3)4)29(34)26(17-20)31(5,6)7/h8-17,32-34H,1-7H3. The van der Waals surface area contributed by atoms with E-state index in [1.807, 2.05) is 67.6 Å². The van der Waals surface area contributed by atoms with Crippen LogP contribution in [0.5, 0.6) is 17.2 Å². The normalized spacial score (nSPS) is 12.3. The van der Waals surface area contributed by atoms with Crippen LogP contribution in [0.15, 0.2) is 60.7 Å². The molecular weight excluding hydrogens is 420 g/mol. The largest absolute Gasteiger partial charge is 0.507 e. The molecule has 0 aliphatic rings. The molecule has 4 rings (SSSR count). The van der Waals surface area contributed by atoms with Gasteiger partial charge in [-0.2, -0.15) is 0 Å². The fourth-order valence-corrected chi connectivity index (χ4v) is 4.65. The molecule has 0 unspecified atom stereocenters. The van der Waals surface area contributed by atoms with E-state index in [4.69, 9.17) is 0 Å². The van der Waals surface area contributed by atoms with Crippen molar-refractivity contribution in [3.63, 3.8) is 0 Å². The highest BCUT2D eigenvalue weighted by Crippen LogP contribution is 2.47. The third kappa shape index (κ3) is 4.00. The van der Waals surface area contributed by atoms with Gasteiger partial charge in [-0.05, 0) is 57.9 Å². The van der Waals surface area contributed by atoms with Crippen molar-refractivity contribution in [2.45, 2.75) is 59.3 Å². The Morgan fingerprint density at radius 1 is 0.559 bits per heavy atom. The molecule has 176 valence electrons. The molecule has 0 saturated carbocycles. The Balaban J connectivity index is 1.99. The number of phenolic OH excluding ortho intramolecular Hbond substituents is 3. The van der Waals surface area contributed by atoms with Crippen LogP contribution in [0.2, 0.25) is 0 Å². The number of benzene rings is 4. The van der Waals surface area contributed by atoms with Crippen molar-refractivity contribution in [3.8, 4) is 39.5 Å². The molecule has 3 heteroatoms. The van der Waals surface area contributed by atoms with Gasteiger partial charge in [0.2, 0.25) is 0 Å². The average Bonchev–Trinajstić information content (AvgIpc) is 2.75. The van der Waals surface area contributed by atoms with Crippen LogP contribution in [0.25, 0.3) is 33.0 Å². The molecule has 34 heavy (non-hydrogen) atoms. The first-order chi connectivity index (χ1) is 15.8. The fraction of sp³-hybridized carbons (Fsp3) is 0.290. The van der Waals surface area contributed by atoms with Crippen LogP contribution < -0.4 is 0 Å². The monoisotopic (exact) mass is 454 g/mol. The van der Waals surface area contributed by atoms with E-state index in [0.29, 0.717) is 22.4 Å². The number of hydrogen-bond acceptors (Lipinski definition) is 3. The summed E-state index contributed by atoms with van der Waals surface area (Å²) in [7, 11) is 0. The molecule has 0 bridgehead atoms. The van der Waals surface area contributed by atoms with Crippen LogP contribution in [0.3, 0.4) is 0 Å². The topological polar surface area (TPSA) is 60.7 Å². The third-order valence-electron chi connectivity index (χ3n) is 6.64. The highest BCUT2D eigenvalue weighted by atomic mass is 16.3. The van der Waals surface area contributed by atoms with E-state index in [1.165, 1.54) is 0 Å². The number of para-hydroxylation sites is 1. The van der Waals surface area contributed by atoms with Crippen LogP contribution >= 0.6 is 0 Å². The molecule has 0 aromatic heterocycles. The molecule has 0 spiro atoms. The lowest BCUT2D eigenvalue weighted by molar-refractivity contribution is 0.423. The van der Waals surface area contributed by atoms with Crippen molar-refractivity contribution in [2.75, 3.05) is 0 Å². The van der Waals surface area contributed by atoms with E-state index in [0.717, 1.165) is 33.0 Å².